The third-order valence-electron chi connectivity index (χ3n) is 2.99. The largest absolute Gasteiger partial charge is 0.325 e. The zero-order valence-electron chi connectivity index (χ0n) is 10.6. The molecule has 1 aliphatic heterocycles. The van der Waals surface area contributed by atoms with E-state index in [1.165, 1.54) is 17.0 Å². The third-order valence-corrected chi connectivity index (χ3v) is 2.99. The van der Waals surface area contributed by atoms with Crippen LogP contribution in [0.4, 0.5) is 15.8 Å². The maximum atomic E-state index is 14.0. The number of nitrogens with zero attached hydrogens (tertiary/aromatic N) is 1. The molecule has 5 nitrogen and oxygen atoms in total. The van der Waals surface area contributed by atoms with Gasteiger partial charge in [-0.05, 0) is 31.5 Å². The Hall–Kier alpha value is -1.95. The number of rotatable bonds is 3. The van der Waals surface area contributed by atoms with Crippen molar-refractivity contribution in [3.05, 3.63) is 24.0 Å². The van der Waals surface area contributed by atoms with Gasteiger partial charge in [0.15, 0.2) is 0 Å². The number of carbonyl (C=O) groups is 2. The van der Waals surface area contributed by atoms with E-state index in [0.29, 0.717) is 18.7 Å². The first kappa shape index (κ1) is 13.5. The van der Waals surface area contributed by atoms with E-state index in [9.17, 15) is 14.0 Å². The van der Waals surface area contributed by atoms with E-state index in [0.717, 1.165) is 6.42 Å². The zero-order valence-corrected chi connectivity index (χ0v) is 10.6. The number of hydrogen-bond acceptors (Lipinski definition) is 3. The van der Waals surface area contributed by atoms with Gasteiger partial charge in [-0.2, -0.15) is 0 Å². The van der Waals surface area contributed by atoms with Gasteiger partial charge in [0.1, 0.15) is 5.82 Å². The van der Waals surface area contributed by atoms with Gasteiger partial charge >= 0.3 is 0 Å². The Morgan fingerprint density at radius 3 is 2.79 bits per heavy atom. The summed E-state index contributed by atoms with van der Waals surface area (Å²) >= 11 is 0. The number of nitrogens with one attached hydrogen (secondary N) is 1. The quantitative estimate of drug-likeness (QED) is 0.863. The minimum Gasteiger partial charge on any atom is -0.325 e. The van der Waals surface area contributed by atoms with Gasteiger partial charge in [-0.25, -0.2) is 4.39 Å². The molecule has 1 aliphatic rings. The Morgan fingerprint density at radius 2 is 2.26 bits per heavy atom. The molecule has 102 valence electrons. The van der Waals surface area contributed by atoms with Gasteiger partial charge in [0.2, 0.25) is 11.8 Å². The van der Waals surface area contributed by atoms with Crippen molar-refractivity contribution < 1.29 is 14.0 Å². The molecule has 1 fully saturated rings. The number of anilines is 2. The van der Waals surface area contributed by atoms with Gasteiger partial charge in [-0.1, -0.05) is 0 Å². The lowest BCUT2D eigenvalue weighted by Crippen LogP contribution is -2.32. The van der Waals surface area contributed by atoms with Crippen LogP contribution < -0.4 is 16.0 Å². The average Bonchev–Trinajstić information content (AvgIpc) is 2.75. The maximum Gasteiger partial charge on any atom is 0.241 e. The van der Waals surface area contributed by atoms with Crippen molar-refractivity contribution in [2.75, 3.05) is 16.8 Å². The van der Waals surface area contributed by atoms with Gasteiger partial charge in [0, 0.05) is 18.7 Å². The molecule has 0 spiro atoms. The summed E-state index contributed by atoms with van der Waals surface area (Å²) in [6.07, 6.45) is 1.18. The minimum absolute atomic E-state index is 0.0775. The number of carbonyl (C=O) groups excluding carboxylic acids is 2. The van der Waals surface area contributed by atoms with Crippen LogP contribution in [0, 0.1) is 5.82 Å². The second kappa shape index (κ2) is 5.36. The number of hydrogen-bond donors (Lipinski definition) is 2. The smallest absolute Gasteiger partial charge is 0.241 e. The first-order chi connectivity index (χ1) is 8.99. The molecule has 0 unspecified atom stereocenters. The van der Waals surface area contributed by atoms with Crippen molar-refractivity contribution in [3.8, 4) is 0 Å². The molecule has 0 radical (unpaired) electrons. The number of amides is 2. The van der Waals surface area contributed by atoms with Gasteiger partial charge in [-0.15, -0.1) is 0 Å². The SMILES string of the molecule is C[C@@H](N)C(=O)Nc1ccc(N2CCCC2=O)c(F)c1. The highest BCUT2D eigenvalue weighted by atomic mass is 19.1. The van der Waals surface area contributed by atoms with Crippen LogP contribution in [0.15, 0.2) is 18.2 Å². The molecule has 1 aromatic rings. The van der Waals surface area contributed by atoms with Crippen LogP contribution in [-0.4, -0.2) is 24.4 Å². The molecule has 1 atom stereocenters. The van der Waals surface area contributed by atoms with E-state index in [1.807, 2.05) is 0 Å². The first-order valence-corrected chi connectivity index (χ1v) is 6.15. The van der Waals surface area contributed by atoms with E-state index >= 15 is 0 Å². The fourth-order valence-electron chi connectivity index (χ4n) is 1.96. The molecule has 3 N–H and O–H groups in total. The second-order valence-corrected chi connectivity index (χ2v) is 4.59. The number of halogens is 1. The molecule has 1 saturated heterocycles. The van der Waals surface area contributed by atoms with Gasteiger partial charge < -0.3 is 16.0 Å². The Balaban J connectivity index is 2.17. The Labute approximate surface area is 110 Å². The highest BCUT2D eigenvalue weighted by molar-refractivity contribution is 5.97. The zero-order chi connectivity index (χ0) is 14.0. The number of nitrogens with two attached hydrogens (primary N) is 1. The summed E-state index contributed by atoms with van der Waals surface area (Å²) in [7, 11) is 0. The van der Waals surface area contributed by atoms with Crippen molar-refractivity contribution in [1.29, 1.82) is 0 Å². The Kier molecular flexibility index (Phi) is 3.80. The van der Waals surface area contributed by atoms with Gasteiger partial charge in [0.25, 0.3) is 0 Å². The van der Waals surface area contributed by atoms with Crippen LogP contribution in [0.25, 0.3) is 0 Å². The summed E-state index contributed by atoms with van der Waals surface area (Å²) in [4.78, 5) is 24.4. The van der Waals surface area contributed by atoms with Crippen LogP contribution >= 0.6 is 0 Å². The lowest BCUT2D eigenvalue weighted by atomic mass is 10.2. The lowest BCUT2D eigenvalue weighted by Gasteiger charge is -2.17. The summed E-state index contributed by atoms with van der Waals surface area (Å²) < 4.78 is 14.0. The first-order valence-electron chi connectivity index (χ1n) is 6.15. The molecule has 6 heteroatoms. The van der Waals surface area contributed by atoms with E-state index in [1.54, 1.807) is 13.0 Å². The second-order valence-electron chi connectivity index (χ2n) is 4.59. The summed E-state index contributed by atoms with van der Waals surface area (Å²) in [5, 5.41) is 2.50. The van der Waals surface area contributed by atoms with E-state index < -0.39 is 11.9 Å². The number of benzene rings is 1. The van der Waals surface area contributed by atoms with Crippen LogP contribution in [0.2, 0.25) is 0 Å². The molecular formula is C13H16FN3O2. The van der Waals surface area contributed by atoms with Crippen molar-refractivity contribution in [3.63, 3.8) is 0 Å². The fourth-order valence-corrected chi connectivity index (χ4v) is 1.96. The van der Waals surface area contributed by atoms with Gasteiger partial charge in [-0.3, -0.25) is 9.59 Å². The van der Waals surface area contributed by atoms with E-state index in [-0.39, 0.29) is 17.5 Å². The molecule has 2 rings (SSSR count). The molecule has 0 saturated carbocycles. The summed E-state index contributed by atoms with van der Waals surface area (Å²) in [5.41, 5.74) is 5.99. The molecule has 1 aromatic carbocycles. The summed E-state index contributed by atoms with van der Waals surface area (Å²) in [5.74, 6) is -0.992. The van der Waals surface area contributed by atoms with Gasteiger partial charge in [0.05, 0.1) is 11.7 Å². The fraction of sp³-hybridized carbons (Fsp3) is 0.385. The molecule has 0 aromatic heterocycles. The van der Waals surface area contributed by atoms with E-state index in [4.69, 9.17) is 5.73 Å². The van der Waals surface area contributed by atoms with Crippen LogP contribution in [0.5, 0.6) is 0 Å². The van der Waals surface area contributed by atoms with E-state index in [2.05, 4.69) is 5.32 Å². The lowest BCUT2D eigenvalue weighted by molar-refractivity contribution is -0.117. The average molecular weight is 265 g/mol. The monoisotopic (exact) mass is 265 g/mol. The highest BCUT2D eigenvalue weighted by Crippen LogP contribution is 2.26. The normalized spacial score (nSPS) is 16.6. The molecule has 19 heavy (non-hydrogen) atoms. The van der Waals surface area contributed by atoms with Crippen molar-refractivity contribution in [2.45, 2.75) is 25.8 Å². The minimum atomic E-state index is -0.664. The summed E-state index contributed by atoms with van der Waals surface area (Å²) in [6, 6.07) is 3.59. The standard InChI is InChI=1S/C13H16FN3O2/c1-8(15)13(19)16-9-4-5-11(10(14)7-9)17-6-2-3-12(17)18/h4-5,7-8H,2-3,6,15H2,1H3,(H,16,19)/t8-/m1/s1. The Bertz CT molecular complexity index is 517. The Morgan fingerprint density at radius 1 is 1.53 bits per heavy atom. The maximum absolute atomic E-state index is 14.0. The van der Waals surface area contributed by atoms with Crippen molar-refractivity contribution in [2.24, 2.45) is 5.73 Å². The molecule has 1 heterocycles. The predicted octanol–water partition coefficient (Wildman–Crippen LogP) is 1.24. The summed E-state index contributed by atoms with van der Waals surface area (Å²) in [6.45, 7) is 2.07. The van der Waals surface area contributed by atoms with Crippen LogP contribution in [-0.2, 0) is 9.59 Å². The van der Waals surface area contributed by atoms with Crippen molar-refractivity contribution in [1.82, 2.24) is 0 Å². The predicted molar refractivity (Wildman–Crippen MR) is 70.3 cm³/mol. The molecule has 0 bridgehead atoms. The molecule has 2 amide bonds. The topological polar surface area (TPSA) is 75.4 Å². The van der Waals surface area contributed by atoms with Crippen LogP contribution in [0.1, 0.15) is 19.8 Å². The third kappa shape index (κ3) is 2.90. The highest BCUT2D eigenvalue weighted by Gasteiger charge is 2.24. The van der Waals surface area contributed by atoms with Crippen LogP contribution in [0.3, 0.4) is 0 Å². The van der Waals surface area contributed by atoms with Crippen molar-refractivity contribution >= 4 is 23.2 Å². The molecular weight excluding hydrogens is 249 g/mol. The molecule has 0 aliphatic carbocycles.